The number of carboxylic acids is 1. The van der Waals surface area contributed by atoms with Gasteiger partial charge in [-0.15, -0.1) is 11.3 Å². The molecule has 3 heterocycles. The molecule has 0 aromatic carbocycles. The van der Waals surface area contributed by atoms with Crippen molar-refractivity contribution in [2.24, 2.45) is 0 Å². The highest BCUT2D eigenvalue weighted by Gasteiger charge is 2.32. The Morgan fingerprint density at radius 1 is 1.38 bits per heavy atom. The Kier molecular flexibility index (Phi) is 4.51. The van der Waals surface area contributed by atoms with Gasteiger partial charge < -0.3 is 10.0 Å². The minimum atomic E-state index is -0.825. The largest absolute Gasteiger partial charge is 0.480 e. The number of thiophene rings is 1. The summed E-state index contributed by atoms with van der Waals surface area (Å²) in [6.07, 6.45) is 0.914. The first kappa shape index (κ1) is 14.9. The molecule has 3 rings (SSSR count). The lowest BCUT2D eigenvalue weighted by molar-refractivity contribution is -0.144. The van der Waals surface area contributed by atoms with Crippen LogP contribution < -0.4 is 0 Å². The number of carbonyl (C=O) groups excluding carboxylic acids is 1. The monoisotopic (exact) mass is 326 g/mol. The fourth-order valence-electron chi connectivity index (χ4n) is 2.79. The fraction of sp³-hybridized carbons (Fsp3) is 0.571. The van der Waals surface area contributed by atoms with Crippen LogP contribution in [-0.2, 0) is 22.6 Å². The van der Waals surface area contributed by atoms with Crippen molar-refractivity contribution in [1.29, 1.82) is 0 Å². The number of amides is 1. The van der Waals surface area contributed by atoms with Gasteiger partial charge in [-0.25, -0.2) is 0 Å². The number of hydrogen-bond donors (Lipinski definition) is 1. The van der Waals surface area contributed by atoms with Gasteiger partial charge in [-0.2, -0.15) is 11.8 Å². The summed E-state index contributed by atoms with van der Waals surface area (Å²) in [5.41, 5.74) is 1.24. The van der Waals surface area contributed by atoms with Crippen LogP contribution in [0.1, 0.15) is 10.4 Å². The number of thioether (sulfide) groups is 1. The maximum absolute atomic E-state index is 12.5. The third-order valence-electron chi connectivity index (χ3n) is 4.02. The Labute approximate surface area is 131 Å². The number of aliphatic carboxylic acids is 1. The van der Waals surface area contributed by atoms with Crippen LogP contribution >= 0.6 is 23.1 Å². The van der Waals surface area contributed by atoms with Gasteiger partial charge in [-0.1, -0.05) is 0 Å². The second kappa shape index (κ2) is 6.37. The van der Waals surface area contributed by atoms with E-state index in [0.717, 1.165) is 18.7 Å². The van der Waals surface area contributed by atoms with Gasteiger partial charge in [-0.05, 0) is 23.4 Å². The van der Waals surface area contributed by atoms with E-state index in [1.165, 1.54) is 10.4 Å². The van der Waals surface area contributed by atoms with E-state index in [4.69, 9.17) is 0 Å². The molecule has 2 aliphatic heterocycles. The zero-order valence-electron chi connectivity index (χ0n) is 11.7. The van der Waals surface area contributed by atoms with E-state index in [1.807, 2.05) is 9.80 Å². The molecule has 1 fully saturated rings. The lowest BCUT2D eigenvalue weighted by atomic mass is 10.1. The standard InChI is InChI=1S/C14H18N2O3S2/c17-13(8-15-4-6-20-9-11(15)14(18)19)16-3-1-12-10(7-16)2-5-21-12/h2,5,11H,1,3-4,6-9H2,(H,18,19). The van der Waals surface area contributed by atoms with Crippen molar-refractivity contribution >= 4 is 35.0 Å². The van der Waals surface area contributed by atoms with Gasteiger partial charge in [0.05, 0.1) is 6.54 Å². The summed E-state index contributed by atoms with van der Waals surface area (Å²) in [6, 6.07) is 1.55. The van der Waals surface area contributed by atoms with Gasteiger partial charge in [-0.3, -0.25) is 14.5 Å². The molecule has 0 spiro atoms. The molecule has 21 heavy (non-hydrogen) atoms. The van der Waals surface area contributed by atoms with Gasteiger partial charge in [0.25, 0.3) is 0 Å². The molecular formula is C14H18N2O3S2. The first-order chi connectivity index (χ1) is 10.1. The van der Waals surface area contributed by atoms with Crippen LogP contribution in [0.5, 0.6) is 0 Å². The minimum absolute atomic E-state index is 0.0463. The number of rotatable bonds is 3. The minimum Gasteiger partial charge on any atom is -0.480 e. The van der Waals surface area contributed by atoms with E-state index in [9.17, 15) is 14.7 Å². The topological polar surface area (TPSA) is 60.9 Å². The average molecular weight is 326 g/mol. The van der Waals surface area contributed by atoms with Gasteiger partial charge in [0.1, 0.15) is 6.04 Å². The molecule has 7 heteroatoms. The quantitative estimate of drug-likeness (QED) is 0.902. The Hall–Kier alpha value is -1.05. The summed E-state index contributed by atoms with van der Waals surface area (Å²) in [7, 11) is 0. The second-order valence-electron chi connectivity index (χ2n) is 5.33. The highest BCUT2D eigenvalue weighted by molar-refractivity contribution is 7.99. The molecule has 5 nitrogen and oxygen atoms in total. The van der Waals surface area contributed by atoms with Crippen LogP contribution in [0.15, 0.2) is 11.4 Å². The van der Waals surface area contributed by atoms with Gasteiger partial charge in [0.15, 0.2) is 0 Å². The summed E-state index contributed by atoms with van der Waals surface area (Å²) in [4.78, 5) is 28.8. The van der Waals surface area contributed by atoms with E-state index < -0.39 is 12.0 Å². The van der Waals surface area contributed by atoms with Crippen LogP contribution in [0.25, 0.3) is 0 Å². The van der Waals surface area contributed by atoms with Crippen LogP contribution in [0.2, 0.25) is 0 Å². The van der Waals surface area contributed by atoms with E-state index in [-0.39, 0.29) is 12.5 Å². The van der Waals surface area contributed by atoms with Gasteiger partial charge in [0, 0.05) is 36.0 Å². The Morgan fingerprint density at radius 3 is 3.05 bits per heavy atom. The molecule has 1 unspecified atom stereocenters. The van der Waals surface area contributed by atoms with E-state index >= 15 is 0 Å². The lowest BCUT2D eigenvalue weighted by Gasteiger charge is -2.34. The van der Waals surface area contributed by atoms with Crippen molar-refractivity contribution in [3.8, 4) is 0 Å². The van der Waals surface area contributed by atoms with Gasteiger partial charge >= 0.3 is 5.97 Å². The molecule has 0 aliphatic carbocycles. The van der Waals surface area contributed by atoms with Crippen molar-refractivity contribution < 1.29 is 14.7 Å². The van der Waals surface area contributed by atoms with Crippen molar-refractivity contribution in [2.45, 2.75) is 19.0 Å². The van der Waals surface area contributed by atoms with Crippen LogP contribution in [0.3, 0.4) is 0 Å². The van der Waals surface area contributed by atoms with Gasteiger partial charge in [0.2, 0.25) is 5.91 Å². The predicted molar refractivity (Wildman–Crippen MR) is 83.8 cm³/mol. The maximum atomic E-state index is 12.5. The van der Waals surface area contributed by atoms with Crippen molar-refractivity contribution in [3.63, 3.8) is 0 Å². The molecule has 1 atom stereocenters. The molecule has 1 N–H and O–H groups in total. The SMILES string of the molecule is O=C(O)C1CSCCN1CC(=O)N1CCc2sccc2C1. The third kappa shape index (κ3) is 3.25. The normalized spacial score (nSPS) is 22.9. The maximum Gasteiger partial charge on any atom is 0.321 e. The van der Waals surface area contributed by atoms with Crippen LogP contribution in [0.4, 0.5) is 0 Å². The summed E-state index contributed by atoms with van der Waals surface area (Å²) in [5.74, 6) is 0.682. The molecule has 0 bridgehead atoms. The molecule has 114 valence electrons. The summed E-state index contributed by atoms with van der Waals surface area (Å²) < 4.78 is 0. The Morgan fingerprint density at radius 2 is 2.24 bits per heavy atom. The van der Waals surface area contributed by atoms with E-state index in [1.54, 1.807) is 23.1 Å². The second-order valence-corrected chi connectivity index (χ2v) is 7.48. The first-order valence-electron chi connectivity index (χ1n) is 7.03. The average Bonchev–Trinajstić information content (AvgIpc) is 2.94. The highest BCUT2D eigenvalue weighted by atomic mass is 32.2. The predicted octanol–water partition coefficient (Wildman–Crippen LogP) is 1.13. The van der Waals surface area contributed by atoms with Crippen molar-refractivity contribution in [1.82, 2.24) is 9.80 Å². The van der Waals surface area contributed by atoms with E-state index in [0.29, 0.717) is 18.8 Å². The number of fused-ring (bicyclic) bond motifs is 1. The lowest BCUT2D eigenvalue weighted by Crippen LogP contribution is -2.52. The molecular weight excluding hydrogens is 308 g/mol. The summed E-state index contributed by atoms with van der Waals surface area (Å²) >= 11 is 3.39. The molecule has 1 aromatic rings. The van der Waals surface area contributed by atoms with Crippen LogP contribution in [-0.4, -0.2) is 64.0 Å². The first-order valence-corrected chi connectivity index (χ1v) is 9.06. The fourth-order valence-corrected chi connectivity index (χ4v) is 4.79. The highest BCUT2D eigenvalue weighted by Crippen LogP contribution is 2.24. The van der Waals surface area contributed by atoms with Crippen molar-refractivity contribution in [2.75, 3.05) is 31.1 Å². The van der Waals surface area contributed by atoms with E-state index in [2.05, 4.69) is 11.4 Å². The Bertz CT molecular complexity index is 546. The Balaban J connectivity index is 1.62. The molecule has 1 amide bonds. The van der Waals surface area contributed by atoms with Crippen LogP contribution in [0, 0.1) is 0 Å². The smallest absolute Gasteiger partial charge is 0.321 e. The number of carbonyl (C=O) groups is 2. The number of hydrogen-bond acceptors (Lipinski definition) is 5. The molecule has 2 aliphatic rings. The number of nitrogens with zero attached hydrogens (tertiary/aromatic N) is 2. The third-order valence-corrected chi connectivity index (χ3v) is 6.07. The molecule has 0 radical (unpaired) electrons. The number of carboxylic acid groups (broad SMARTS) is 1. The zero-order chi connectivity index (χ0) is 14.8. The molecule has 1 aromatic heterocycles. The molecule has 0 saturated carbocycles. The van der Waals surface area contributed by atoms with Crippen molar-refractivity contribution in [3.05, 3.63) is 21.9 Å². The summed E-state index contributed by atoms with van der Waals surface area (Å²) in [5, 5.41) is 11.3. The molecule has 1 saturated heterocycles. The summed E-state index contributed by atoms with van der Waals surface area (Å²) in [6.45, 7) is 2.30. The zero-order valence-corrected chi connectivity index (χ0v) is 13.3.